The van der Waals surface area contributed by atoms with Crippen LogP contribution in [-0.2, 0) is 11.0 Å². The van der Waals surface area contributed by atoms with E-state index in [0.717, 1.165) is 0 Å². The molecule has 0 atom stereocenters. The summed E-state index contributed by atoms with van der Waals surface area (Å²) in [5.74, 6) is 0. The Morgan fingerprint density at radius 2 is 1.18 bits per heavy atom. The van der Waals surface area contributed by atoms with Gasteiger partial charge >= 0.3 is 0 Å². The van der Waals surface area contributed by atoms with Gasteiger partial charge in [-0.15, -0.1) is 0 Å². The van der Waals surface area contributed by atoms with E-state index in [1.807, 2.05) is 0 Å². The number of rotatable bonds is 1. The van der Waals surface area contributed by atoms with Crippen LogP contribution in [0.1, 0.15) is 47.1 Å². The lowest BCUT2D eigenvalue weighted by Crippen LogP contribution is -2.51. The van der Waals surface area contributed by atoms with Gasteiger partial charge in [0.2, 0.25) is 5.69 Å². The maximum atomic E-state index is 2.48. The van der Waals surface area contributed by atoms with Gasteiger partial charge in [0.15, 0.2) is 11.7 Å². The lowest BCUT2D eigenvalue weighted by atomic mass is 9.78. The molecular weight excluding hydrogens is 410 g/mol. The smallest absolute Gasteiger partial charge is 0.193 e. The van der Waals surface area contributed by atoms with Gasteiger partial charge in [0, 0.05) is 32.2 Å². The molecule has 1 nitrogen and oxygen atoms in total. The van der Waals surface area contributed by atoms with Crippen LogP contribution in [0.3, 0.4) is 0 Å². The molecule has 1 aromatic heterocycles. The summed E-state index contributed by atoms with van der Waals surface area (Å²) in [5.41, 5.74) is 3.99. The molecule has 6 rings (SSSR count). The zero-order valence-corrected chi connectivity index (χ0v) is 21.0. The van der Waals surface area contributed by atoms with Crippen LogP contribution in [0.2, 0.25) is 0 Å². The van der Waals surface area contributed by atoms with E-state index in [2.05, 4.69) is 131 Å². The summed E-state index contributed by atoms with van der Waals surface area (Å²) >= 11 is 0. The maximum absolute atomic E-state index is 2.48. The standard InChI is InChI=1S/C33H32N/c1-32(2,3)27-18-24-15-14-21-12-9-13-22-16-17-26(30(24)29(21)22)31(27)28-19-23-10-7-8-11-25(23)20-34(28)33(4,5)6/h7-20H,1-6H3/q+1. The molecule has 1 heteroatoms. The number of hydrogen-bond donors (Lipinski definition) is 0. The minimum atomic E-state index is -0.0571. The molecule has 1 heterocycles. The van der Waals surface area contributed by atoms with E-state index in [1.54, 1.807) is 0 Å². The predicted octanol–water partition coefficient (Wildman–Crippen LogP) is 8.74. The van der Waals surface area contributed by atoms with E-state index in [0.29, 0.717) is 0 Å². The van der Waals surface area contributed by atoms with Gasteiger partial charge in [-0.3, -0.25) is 0 Å². The lowest BCUT2D eigenvalue weighted by molar-refractivity contribution is -0.743. The molecule has 0 fully saturated rings. The molecule has 0 aliphatic carbocycles. The van der Waals surface area contributed by atoms with Gasteiger partial charge < -0.3 is 0 Å². The summed E-state index contributed by atoms with van der Waals surface area (Å²) < 4.78 is 2.48. The minimum Gasteiger partial charge on any atom is -0.193 e. The first-order valence-corrected chi connectivity index (χ1v) is 12.3. The van der Waals surface area contributed by atoms with Crippen molar-refractivity contribution in [3.63, 3.8) is 0 Å². The maximum Gasteiger partial charge on any atom is 0.214 e. The Balaban J connectivity index is 1.87. The van der Waals surface area contributed by atoms with Crippen LogP contribution in [0.5, 0.6) is 0 Å². The second-order valence-corrected chi connectivity index (χ2v) is 11.7. The molecule has 5 aromatic carbocycles. The van der Waals surface area contributed by atoms with Gasteiger partial charge in [0.1, 0.15) is 0 Å². The molecule has 0 saturated heterocycles. The Hall–Kier alpha value is -3.45. The number of fused-ring (bicyclic) bond motifs is 1. The second-order valence-electron chi connectivity index (χ2n) is 11.7. The van der Waals surface area contributed by atoms with Crippen molar-refractivity contribution < 1.29 is 4.57 Å². The van der Waals surface area contributed by atoms with E-state index >= 15 is 0 Å². The molecule has 34 heavy (non-hydrogen) atoms. The van der Waals surface area contributed by atoms with Gasteiger partial charge in [-0.25, -0.2) is 0 Å². The fourth-order valence-electron chi connectivity index (χ4n) is 5.61. The van der Waals surface area contributed by atoms with Gasteiger partial charge in [-0.2, -0.15) is 4.57 Å². The highest BCUT2D eigenvalue weighted by molar-refractivity contribution is 6.25. The summed E-state index contributed by atoms with van der Waals surface area (Å²) in [6, 6.07) is 29.5. The van der Waals surface area contributed by atoms with Crippen LogP contribution >= 0.6 is 0 Å². The van der Waals surface area contributed by atoms with Crippen molar-refractivity contribution in [1.29, 1.82) is 0 Å². The first kappa shape index (κ1) is 21.1. The molecule has 0 N–H and O–H groups in total. The number of pyridine rings is 1. The lowest BCUT2D eigenvalue weighted by Gasteiger charge is -2.27. The summed E-state index contributed by atoms with van der Waals surface area (Å²) in [6.45, 7) is 13.9. The van der Waals surface area contributed by atoms with Crippen molar-refractivity contribution in [2.45, 2.75) is 52.5 Å². The molecule has 0 aliphatic heterocycles. The van der Waals surface area contributed by atoms with Gasteiger partial charge in [-0.05, 0) is 60.8 Å². The van der Waals surface area contributed by atoms with Crippen LogP contribution in [0.15, 0.2) is 85.1 Å². The molecule has 6 aromatic rings. The molecule has 0 unspecified atom stereocenters. The Bertz CT molecular complexity index is 1690. The van der Waals surface area contributed by atoms with Crippen LogP contribution in [0.25, 0.3) is 54.3 Å². The third-order valence-electron chi connectivity index (χ3n) is 7.25. The number of benzene rings is 5. The van der Waals surface area contributed by atoms with Crippen molar-refractivity contribution in [1.82, 2.24) is 0 Å². The molecule has 0 amide bonds. The molecule has 0 radical (unpaired) electrons. The zero-order valence-electron chi connectivity index (χ0n) is 21.0. The van der Waals surface area contributed by atoms with Crippen molar-refractivity contribution in [2.24, 2.45) is 0 Å². The first-order valence-electron chi connectivity index (χ1n) is 12.3. The number of aromatic nitrogens is 1. The number of hydrogen-bond acceptors (Lipinski definition) is 0. The Kier molecular flexibility index (Phi) is 4.36. The van der Waals surface area contributed by atoms with E-state index in [-0.39, 0.29) is 11.0 Å². The van der Waals surface area contributed by atoms with Crippen molar-refractivity contribution in [3.8, 4) is 11.3 Å². The minimum absolute atomic E-state index is 0.00114. The summed E-state index contributed by atoms with van der Waals surface area (Å²) in [5, 5.41) is 10.6. The average molecular weight is 443 g/mol. The number of nitrogens with zero attached hydrogens (tertiary/aromatic N) is 1. The Morgan fingerprint density at radius 3 is 1.85 bits per heavy atom. The van der Waals surface area contributed by atoms with E-state index in [4.69, 9.17) is 0 Å². The molecule has 0 saturated carbocycles. The van der Waals surface area contributed by atoms with Crippen LogP contribution in [0, 0.1) is 0 Å². The highest BCUT2D eigenvalue weighted by Gasteiger charge is 2.32. The van der Waals surface area contributed by atoms with E-state index < -0.39 is 0 Å². The zero-order chi connectivity index (χ0) is 23.8. The van der Waals surface area contributed by atoms with Crippen molar-refractivity contribution in [3.05, 3.63) is 90.6 Å². The largest absolute Gasteiger partial charge is 0.214 e. The Morgan fingerprint density at radius 1 is 0.559 bits per heavy atom. The highest BCUT2D eigenvalue weighted by Crippen LogP contribution is 2.44. The van der Waals surface area contributed by atoms with E-state index in [9.17, 15) is 0 Å². The monoisotopic (exact) mass is 442 g/mol. The summed E-state index contributed by atoms with van der Waals surface area (Å²) in [4.78, 5) is 0. The third-order valence-corrected chi connectivity index (χ3v) is 7.25. The third kappa shape index (κ3) is 3.10. The molecule has 0 bridgehead atoms. The SMILES string of the molecule is CC(C)(C)c1cc2ccc3cccc4ccc(c1-c1cc5ccccc5c[n+]1C(C)(C)C)c2c34. The quantitative estimate of drug-likeness (QED) is 0.177. The van der Waals surface area contributed by atoms with Gasteiger partial charge in [0.25, 0.3) is 0 Å². The molecule has 0 spiro atoms. The summed E-state index contributed by atoms with van der Waals surface area (Å²) in [7, 11) is 0. The predicted molar refractivity (Wildman–Crippen MR) is 147 cm³/mol. The normalized spacial score (nSPS) is 13.0. The average Bonchev–Trinajstić information content (AvgIpc) is 2.80. The topological polar surface area (TPSA) is 3.88 Å². The highest BCUT2D eigenvalue weighted by atomic mass is 15.0. The van der Waals surface area contributed by atoms with Crippen LogP contribution < -0.4 is 4.57 Å². The summed E-state index contributed by atoms with van der Waals surface area (Å²) in [6.07, 6.45) is 2.34. The first-order chi connectivity index (χ1) is 16.1. The molecule has 168 valence electrons. The second kappa shape index (κ2) is 7.03. The van der Waals surface area contributed by atoms with Gasteiger partial charge in [-0.1, -0.05) is 81.4 Å². The molecule has 0 aliphatic rings. The molecular formula is C33H32N+. The van der Waals surface area contributed by atoms with Crippen molar-refractivity contribution >= 4 is 43.1 Å². The fraction of sp³-hybridized carbons (Fsp3) is 0.242. The fourth-order valence-corrected chi connectivity index (χ4v) is 5.61. The van der Waals surface area contributed by atoms with Crippen LogP contribution in [-0.4, -0.2) is 0 Å². The van der Waals surface area contributed by atoms with E-state index in [1.165, 1.54) is 59.9 Å². The van der Waals surface area contributed by atoms with Crippen molar-refractivity contribution in [2.75, 3.05) is 0 Å². The van der Waals surface area contributed by atoms with Gasteiger partial charge in [0.05, 0.1) is 5.56 Å². The Labute approximate surface area is 202 Å². The van der Waals surface area contributed by atoms with Crippen LogP contribution in [0.4, 0.5) is 0 Å².